The van der Waals surface area contributed by atoms with Crippen LogP contribution in [0.1, 0.15) is 16.0 Å². The van der Waals surface area contributed by atoms with Crippen molar-refractivity contribution in [3.8, 4) is 0 Å². The number of nitrogens with one attached hydrogen (secondary N) is 1. The number of amides is 1. The zero-order valence-electron chi connectivity index (χ0n) is 13.8. The molecule has 3 rings (SSSR count). The molecule has 9 heteroatoms. The fraction of sp³-hybridized carbons (Fsp3) is 0.235. The fourth-order valence-corrected chi connectivity index (χ4v) is 4.28. The number of hydrogen-bond acceptors (Lipinski definition) is 5. The highest BCUT2D eigenvalue weighted by atomic mass is 32.2. The number of nitrogens with zero attached hydrogens (tertiary/aromatic N) is 2. The van der Waals surface area contributed by atoms with Gasteiger partial charge in [-0.3, -0.25) is 4.79 Å². The predicted octanol–water partition coefficient (Wildman–Crippen LogP) is 5.06. The van der Waals surface area contributed by atoms with E-state index in [0.29, 0.717) is 5.03 Å². The molecular formula is C17H14F3N3OS2. The standard InChI is InChI=1S/C17H14F3N3OS2/c1-9-10(2)26-16-14(9)15(21-8-22-16)25-7-13(24)23-12-5-3-4-11(6-12)17(18,19)20/h3-6,8H,7H2,1-2H3,(H,23,24). The largest absolute Gasteiger partial charge is 0.416 e. The summed E-state index contributed by atoms with van der Waals surface area (Å²) in [4.78, 5) is 22.6. The van der Waals surface area contributed by atoms with Gasteiger partial charge in [0.05, 0.1) is 11.3 Å². The molecule has 0 aliphatic rings. The maximum Gasteiger partial charge on any atom is 0.416 e. The first-order valence-electron chi connectivity index (χ1n) is 7.56. The Morgan fingerprint density at radius 2 is 2.04 bits per heavy atom. The molecular weight excluding hydrogens is 383 g/mol. The maximum absolute atomic E-state index is 12.7. The molecule has 2 aromatic heterocycles. The van der Waals surface area contributed by atoms with Crippen molar-refractivity contribution in [2.24, 2.45) is 0 Å². The monoisotopic (exact) mass is 397 g/mol. The second-order valence-corrected chi connectivity index (χ2v) is 7.72. The number of aryl methyl sites for hydroxylation is 2. The molecule has 1 amide bonds. The molecule has 26 heavy (non-hydrogen) atoms. The summed E-state index contributed by atoms with van der Waals surface area (Å²) in [5, 5.41) is 4.11. The highest BCUT2D eigenvalue weighted by molar-refractivity contribution is 8.00. The van der Waals surface area contributed by atoms with Gasteiger partial charge in [-0.1, -0.05) is 17.8 Å². The zero-order valence-corrected chi connectivity index (χ0v) is 15.5. The molecule has 0 radical (unpaired) electrons. The van der Waals surface area contributed by atoms with Gasteiger partial charge in [0.25, 0.3) is 0 Å². The van der Waals surface area contributed by atoms with Crippen molar-refractivity contribution in [1.82, 2.24) is 9.97 Å². The second kappa shape index (κ2) is 7.24. The molecule has 0 saturated heterocycles. The van der Waals surface area contributed by atoms with Gasteiger partial charge in [-0.05, 0) is 37.6 Å². The summed E-state index contributed by atoms with van der Waals surface area (Å²) < 4.78 is 38.2. The van der Waals surface area contributed by atoms with Crippen LogP contribution in [-0.4, -0.2) is 21.6 Å². The number of thioether (sulfide) groups is 1. The van der Waals surface area contributed by atoms with Crippen LogP contribution in [0.3, 0.4) is 0 Å². The summed E-state index contributed by atoms with van der Waals surface area (Å²) in [5.41, 5.74) is 0.386. The Bertz CT molecular complexity index is 970. The molecule has 4 nitrogen and oxygen atoms in total. The topological polar surface area (TPSA) is 54.9 Å². The van der Waals surface area contributed by atoms with Crippen LogP contribution in [0.15, 0.2) is 35.6 Å². The smallest absolute Gasteiger partial charge is 0.325 e. The van der Waals surface area contributed by atoms with Gasteiger partial charge in [0, 0.05) is 16.0 Å². The number of rotatable bonds is 4. The molecule has 0 bridgehead atoms. The van der Waals surface area contributed by atoms with E-state index in [9.17, 15) is 18.0 Å². The number of carbonyl (C=O) groups excluding carboxylic acids is 1. The van der Waals surface area contributed by atoms with Crippen LogP contribution in [0, 0.1) is 13.8 Å². The molecule has 0 saturated carbocycles. The number of alkyl halides is 3. The predicted molar refractivity (Wildman–Crippen MR) is 97.7 cm³/mol. The molecule has 0 unspecified atom stereocenters. The van der Waals surface area contributed by atoms with E-state index in [2.05, 4.69) is 15.3 Å². The molecule has 1 N–H and O–H groups in total. The Morgan fingerprint density at radius 1 is 1.27 bits per heavy atom. The molecule has 0 fully saturated rings. The van der Waals surface area contributed by atoms with Crippen molar-refractivity contribution in [2.75, 3.05) is 11.1 Å². The number of carbonyl (C=O) groups is 1. The Balaban J connectivity index is 1.71. The van der Waals surface area contributed by atoms with Crippen molar-refractivity contribution < 1.29 is 18.0 Å². The molecule has 0 spiro atoms. The minimum atomic E-state index is -4.45. The van der Waals surface area contributed by atoms with Crippen LogP contribution < -0.4 is 5.32 Å². The molecule has 0 aliphatic carbocycles. The molecule has 3 aromatic rings. The molecule has 2 heterocycles. The van der Waals surface area contributed by atoms with E-state index in [0.717, 1.165) is 32.8 Å². The number of hydrogen-bond donors (Lipinski definition) is 1. The highest BCUT2D eigenvalue weighted by Gasteiger charge is 2.30. The van der Waals surface area contributed by atoms with Gasteiger partial charge < -0.3 is 5.32 Å². The van der Waals surface area contributed by atoms with Crippen LogP contribution in [0.4, 0.5) is 18.9 Å². The highest BCUT2D eigenvalue weighted by Crippen LogP contribution is 2.34. The number of thiophene rings is 1. The van der Waals surface area contributed by atoms with E-state index in [1.54, 1.807) is 11.3 Å². The third-order valence-corrected chi connectivity index (χ3v) is 5.85. The molecule has 0 atom stereocenters. The van der Waals surface area contributed by atoms with Crippen molar-refractivity contribution in [3.63, 3.8) is 0 Å². The molecule has 136 valence electrons. The fourth-order valence-electron chi connectivity index (χ4n) is 2.36. The summed E-state index contributed by atoms with van der Waals surface area (Å²) in [6.45, 7) is 3.97. The summed E-state index contributed by atoms with van der Waals surface area (Å²) >= 11 is 2.80. The van der Waals surface area contributed by atoms with Gasteiger partial charge in [0.1, 0.15) is 16.2 Å². The number of benzene rings is 1. The minimum absolute atomic E-state index is 0.0384. The average molecular weight is 397 g/mol. The number of fused-ring (bicyclic) bond motifs is 1. The SMILES string of the molecule is Cc1sc2ncnc(SCC(=O)Nc3cccc(C(F)(F)F)c3)c2c1C. The first-order chi connectivity index (χ1) is 12.3. The Hall–Kier alpha value is -2.13. The third-order valence-electron chi connectivity index (χ3n) is 3.74. The number of aromatic nitrogens is 2. The lowest BCUT2D eigenvalue weighted by Gasteiger charge is -2.10. The van der Waals surface area contributed by atoms with E-state index in [1.807, 2.05) is 13.8 Å². The first-order valence-corrected chi connectivity index (χ1v) is 9.36. The lowest BCUT2D eigenvalue weighted by atomic mass is 10.2. The Morgan fingerprint density at radius 3 is 2.77 bits per heavy atom. The van der Waals surface area contributed by atoms with Crippen molar-refractivity contribution >= 4 is 44.9 Å². The summed E-state index contributed by atoms with van der Waals surface area (Å²) in [7, 11) is 0. The molecule has 0 aliphatic heterocycles. The first kappa shape index (κ1) is 18.7. The summed E-state index contributed by atoms with van der Waals surface area (Å²) in [5.74, 6) is -0.359. The third kappa shape index (κ3) is 3.99. The van der Waals surface area contributed by atoms with Gasteiger partial charge in [0.15, 0.2) is 0 Å². The van der Waals surface area contributed by atoms with E-state index in [4.69, 9.17) is 0 Å². The molecule has 1 aromatic carbocycles. The lowest BCUT2D eigenvalue weighted by molar-refractivity contribution is -0.137. The minimum Gasteiger partial charge on any atom is -0.325 e. The normalized spacial score (nSPS) is 11.7. The maximum atomic E-state index is 12.7. The van der Waals surface area contributed by atoms with Gasteiger partial charge in [-0.15, -0.1) is 11.3 Å². The Kier molecular flexibility index (Phi) is 5.19. The van der Waals surface area contributed by atoms with Crippen molar-refractivity contribution in [2.45, 2.75) is 25.0 Å². The van der Waals surface area contributed by atoms with Crippen LogP contribution in [0.2, 0.25) is 0 Å². The van der Waals surface area contributed by atoms with E-state index in [-0.39, 0.29) is 11.4 Å². The van der Waals surface area contributed by atoms with Crippen LogP contribution in [0.25, 0.3) is 10.2 Å². The van der Waals surface area contributed by atoms with E-state index >= 15 is 0 Å². The lowest BCUT2D eigenvalue weighted by Crippen LogP contribution is -2.15. The second-order valence-electron chi connectivity index (χ2n) is 5.56. The van der Waals surface area contributed by atoms with Gasteiger partial charge in [-0.2, -0.15) is 13.2 Å². The van der Waals surface area contributed by atoms with Crippen LogP contribution in [0.5, 0.6) is 0 Å². The number of halogens is 3. The summed E-state index contributed by atoms with van der Waals surface area (Å²) in [6, 6.07) is 4.56. The van der Waals surface area contributed by atoms with Gasteiger partial charge in [0.2, 0.25) is 5.91 Å². The van der Waals surface area contributed by atoms with E-state index in [1.165, 1.54) is 30.2 Å². The van der Waals surface area contributed by atoms with Crippen LogP contribution in [-0.2, 0) is 11.0 Å². The van der Waals surface area contributed by atoms with Crippen molar-refractivity contribution in [1.29, 1.82) is 0 Å². The quantitative estimate of drug-likeness (QED) is 0.494. The average Bonchev–Trinajstić information content (AvgIpc) is 2.87. The van der Waals surface area contributed by atoms with E-state index < -0.39 is 17.6 Å². The Labute approximate surface area is 155 Å². The van der Waals surface area contributed by atoms with Crippen molar-refractivity contribution in [3.05, 3.63) is 46.6 Å². The van der Waals surface area contributed by atoms with Crippen LogP contribution >= 0.6 is 23.1 Å². The number of anilines is 1. The van der Waals surface area contributed by atoms with Gasteiger partial charge >= 0.3 is 6.18 Å². The summed E-state index contributed by atoms with van der Waals surface area (Å²) in [6.07, 6.45) is -3.00. The zero-order chi connectivity index (χ0) is 18.9. The van der Waals surface area contributed by atoms with Gasteiger partial charge in [-0.25, -0.2) is 9.97 Å².